The monoisotopic (exact) mass is 485 g/mol. The van der Waals surface area contributed by atoms with Gasteiger partial charge >= 0.3 is 0 Å². The second kappa shape index (κ2) is 8.98. The van der Waals surface area contributed by atoms with Crippen molar-refractivity contribution < 1.29 is 26.9 Å². The molecule has 2 heterocycles. The van der Waals surface area contributed by atoms with Crippen LogP contribution in [0.1, 0.15) is 11.3 Å². The average molecular weight is 485 g/mol. The maximum Gasteiger partial charge on any atom is 0.266 e. The predicted octanol–water partition coefficient (Wildman–Crippen LogP) is 2.61. The number of amides is 1. The summed E-state index contributed by atoms with van der Waals surface area (Å²) in [4.78, 5) is 10.7. The zero-order chi connectivity index (χ0) is 24.5. The highest BCUT2D eigenvalue weighted by Gasteiger charge is 2.24. The topological polar surface area (TPSA) is 142 Å². The average Bonchev–Trinajstić information content (AvgIpc) is 3.39. The number of primary amides is 1. The lowest BCUT2D eigenvalue weighted by molar-refractivity contribution is -0.114. The van der Waals surface area contributed by atoms with Gasteiger partial charge in [-0.25, -0.2) is 12.8 Å². The molecule has 0 aliphatic carbocycles. The molecule has 3 N–H and O–H groups in total. The number of sulfonamides is 1. The van der Waals surface area contributed by atoms with Crippen molar-refractivity contribution in [2.75, 3.05) is 11.8 Å². The van der Waals surface area contributed by atoms with Crippen molar-refractivity contribution in [3.05, 3.63) is 77.9 Å². The minimum absolute atomic E-state index is 0.131. The van der Waals surface area contributed by atoms with Crippen molar-refractivity contribution in [3.8, 4) is 5.75 Å². The van der Waals surface area contributed by atoms with E-state index in [1.54, 1.807) is 29.1 Å². The molecular formula is C22H20FN5O5S. The summed E-state index contributed by atoms with van der Waals surface area (Å²) < 4.78 is 54.0. The van der Waals surface area contributed by atoms with E-state index < -0.39 is 26.6 Å². The molecular weight excluding hydrogens is 465 g/mol. The van der Waals surface area contributed by atoms with E-state index in [1.807, 2.05) is 0 Å². The number of methoxy groups -OCH3 is 1. The van der Waals surface area contributed by atoms with Gasteiger partial charge in [-0.1, -0.05) is 23.9 Å². The number of nitrogens with zero attached hydrogens (tertiary/aromatic N) is 3. The Morgan fingerprint density at radius 3 is 2.76 bits per heavy atom. The van der Waals surface area contributed by atoms with Crippen molar-refractivity contribution >= 4 is 32.7 Å². The van der Waals surface area contributed by atoms with Crippen LogP contribution in [0.15, 0.2) is 70.2 Å². The molecule has 4 rings (SSSR count). The lowest BCUT2D eigenvalue weighted by Crippen LogP contribution is -2.15. The molecule has 10 nitrogen and oxygen atoms in total. The van der Waals surface area contributed by atoms with E-state index in [2.05, 4.69) is 21.6 Å². The lowest BCUT2D eigenvalue weighted by atomic mass is 10.1. The summed E-state index contributed by atoms with van der Waals surface area (Å²) >= 11 is 0. The van der Waals surface area contributed by atoms with Gasteiger partial charge < -0.3 is 15.0 Å². The van der Waals surface area contributed by atoms with Gasteiger partial charge in [-0.3, -0.25) is 14.2 Å². The van der Waals surface area contributed by atoms with Crippen LogP contribution >= 0.6 is 0 Å². The summed E-state index contributed by atoms with van der Waals surface area (Å²) in [6, 6.07) is 10.1. The number of halogens is 1. The number of ether oxygens (including phenoxy) is 1. The number of carbonyl (C=O) groups is 1. The molecule has 0 aliphatic heterocycles. The van der Waals surface area contributed by atoms with Gasteiger partial charge in [-0.2, -0.15) is 5.10 Å². The third kappa shape index (κ3) is 4.62. The summed E-state index contributed by atoms with van der Waals surface area (Å²) in [5.41, 5.74) is 7.08. The van der Waals surface area contributed by atoms with Gasteiger partial charge in [0.1, 0.15) is 21.8 Å². The highest BCUT2D eigenvalue weighted by Crippen LogP contribution is 2.35. The summed E-state index contributed by atoms with van der Waals surface area (Å²) in [7, 11) is -2.84. The quantitative estimate of drug-likeness (QED) is 0.347. The van der Waals surface area contributed by atoms with E-state index >= 15 is 0 Å². The van der Waals surface area contributed by atoms with Crippen LogP contribution in [0.25, 0.3) is 11.0 Å². The molecule has 12 heteroatoms. The number of aromatic nitrogens is 3. The van der Waals surface area contributed by atoms with Crippen LogP contribution in [0.5, 0.6) is 5.75 Å². The van der Waals surface area contributed by atoms with Gasteiger partial charge in [-0.15, -0.1) is 0 Å². The number of nitrogens with two attached hydrogens (primary N) is 1. The SMILES string of the molecule is C=C(Cc1ccn(Cc2cc(OC)c3c(NS(=O)(=O)c4ccccc4F)noc3c2)n1)C(N)=O. The first-order valence-corrected chi connectivity index (χ1v) is 11.4. The number of fused-ring (bicyclic) bond motifs is 1. The van der Waals surface area contributed by atoms with Crippen molar-refractivity contribution in [1.29, 1.82) is 0 Å². The smallest absolute Gasteiger partial charge is 0.266 e. The third-order valence-electron chi connectivity index (χ3n) is 4.96. The number of rotatable bonds is 9. The summed E-state index contributed by atoms with van der Waals surface area (Å²) in [6.45, 7) is 3.95. The van der Waals surface area contributed by atoms with Crippen molar-refractivity contribution in [2.24, 2.45) is 5.73 Å². The number of hydrogen-bond donors (Lipinski definition) is 2. The number of anilines is 1. The Bertz CT molecular complexity index is 1510. The molecule has 0 radical (unpaired) electrons. The van der Waals surface area contributed by atoms with Crippen LogP contribution in [-0.4, -0.2) is 36.4 Å². The Hall–Kier alpha value is -4.19. The Morgan fingerprint density at radius 1 is 1.29 bits per heavy atom. The molecule has 0 atom stereocenters. The molecule has 0 fully saturated rings. The Kier molecular flexibility index (Phi) is 6.07. The van der Waals surface area contributed by atoms with Crippen molar-refractivity contribution in [1.82, 2.24) is 14.9 Å². The zero-order valence-corrected chi connectivity index (χ0v) is 18.8. The van der Waals surface area contributed by atoms with E-state index in [0.717, 1.165) is 17.7 Å². The molecule has 0 saturated heterocycles. The summed E-state index contributed by atoms with van der Waals surface area (Å²) in [5, 5.41) is 8.48. The fourth-order valence-electron chi connectivity index (χ4n) is 3.34. The van der Waals surface area contributed by atoms with E-state index in [-0.39, 0.29) is 28.8 Å². The highest BCUT2D eigenvalue weighted by atomic mass is 32.2. The molecule has 0 bridgehead atoms. The third-order valence-corrected chi connectivity index (χ3v) is 6.33. The normalized spacial score (nSPS) is 11.5. The fraction of sp³-hybridized carbons (Fsp3) is 0.136. The van der Waals surface area contributed by atoms with E-state index in [0.29, 0.717) is 18.0 Å². The maximum atomic E-state index is 14.0. The Balaban J connectivity index is 1.61. The number of nitrogens with one attached hydrogen (secondary N) is 1. The van der Waals surface area contributed by atoms with E-state index in [9.17, 15) is 17.6 Å². The summed E-state index contributed by atoms with van der Waals surface area (Å²) in [5.74, 6) is -1.31. The predicted molar refractivity (Wildman–Crippen MR) is 121 cm³/mol. The van der Waals surface area contributed by atoms with Crippen LogP contribution in [-0.2, 0) is 27.8 Å². The number of benzene rings is 2. The molecule has 4 aromatic rings. The van der Waals surface area contributed by atoms with Crippen molar-refractivity contribution in [2.45, 2.75) is 17.9 Å². The van der Waals surface area contributed by atoms with Crippen molar-refractivity contribution in [3.63, 3.8) is 0 Å². The fourth-order valence-corrected chi connectivity index (χ4v) is 4.42. The lowest BCUT2D eigenvalue weighted by Gasteiger charge is -2.09. The molecule has 0 saturated carbocycles. The highest BCUT2D eigenvalue weighted by molar-refractivity contribution is 7.92. The van der Waals surface area contributed by atoms with Gasteiger partial charge in [0.15, 0.2) is 11.4 Å². The Labute approximate surface area is 193 Å². The molecule has 2 aromatic carbocycles. The van der Waals surface area contributed by atoms with E-state index in [4.69, 9.17) is 15.0 Å². The van der Waals surface area contributed by atoms with Gasteiger partial charge in [0, 0.05) is 18.2 Å². The van der Waals surface area contributed by atoms with E-state index in [1.165, 1.54) is 19.2 Å². The van der Waals surface area contributed by atoms with Crippen LogP contribution in [0.3, 0.4) is 0 Å². The maximum absolute atomic E-state index is 14.0. The first-order chi connectivity index (χ1) is 16.2. The molecule has 0 spiro atoms. The van der Waals surface area contributed by atoms with Gasteiger partial charge in [-0.05, 0) is 35.9 Å². The van der Waals surface area contributed by atoms with Crippen LogP contribution in [0.4, 0.5) is 10.2 Å². The minimum atomic E-state index is -4.26. The largest absolute Gasteiger partial charge is 0.496 e. The number of carbonyl (C=O) groups excluding carboxylic acids is 1. The summed E-state index contributed by atoms with van der Waals surface area (Å²) in [6.07, 6.45) is 1.97. The molecule has 0 aliphatic rings. The second-order valence-electron chi connectivity index (χ2n) is 7.39. The van der Waals surface area contributed by atoms with Crippen LogP contribution < -0.4 is 15.2 Å². The van der Waals surface area contributed by atoms with Crippen LogP contribution in [0.2, 0.25) is 0 Å². The first-order valence-electron chi connectivity index (χ1n) is 9.91. The Morgan fingerprint density at radius 2 is 2.06 bits per heavy atom. The first kappa shape index (κ1) is 23.0. The molecule has 176 valence electrons. The number of hydrogen-bond acceptors (Lipinski definition) is 7. The second-order valence-corrected chi connectivity index (χ2v) is 9.04. The molecule has 34 heavy (non-hydrogen) atoms. The standard InChI is InChI=1S/C22H20FN5O5S/c1-13(21(24)29)9-15-7-8-28(25-15)12-14-10-17(32-2)20-18(11-14)33-26-22(20)27-34(30,31)19-6-4-3-5-16(19)23/h3-8,10-11H,1,9,12H2,2H3,(H2,24,29)(H,26,27). The molecule has 1 amide bonds. The van der Waals surface area contributed by atoms with Crippen LogP contribution in [0, 0.1) is 5.82 Å². The van der Waals surface area contributed by atoms with Gasteiger partial charge in [0.2, 0.25) is 5.91 Å². The minimum Gasteiger partial charge on any atom is -0.496 e. The van der Waals surface area contributed by atoms with Gasteiger partial charge in [0.05, 0.1) is 19.3 Å². The molecule has 2 aromatic heterocycles. The van der Waals surface area contributed by atoms with Gasteiger partial charge in [0.25, 0.3) is 10.0 Å². The zero-order valence-electron chi connectivity index (χ0n) is 18.0. The molecule has 0 unspecified atom stereocenters.